The summed E-state index contributed by atoms with van der Waals surface area (Å²) in [6.07, 6.45) is 1.41. The minimum absolute atomic E-state index is 0.0231. The summed E-state index contributed by atoms with van der Waals surface area (Å²) in [5.74, 6) is 0.333. The molecule has 0 aliphatic carbocycles. The molecule has 0 amide bonds. The van der Waals surface area contributed by atoms with Crippen molar-refractivity contribution in [1.29, 1.82) is 0 Å². The molecule has 1 aromatic heterocycles. The lowest BCUT2D eigenvalue weighted by Crippen LogP contribution is -2.48. The molecule has 1 rings (SSSR count). The van der Waals surface area contributed by atoms with Crippen LogP contribution in [0.15, 0.2) is 10.7 Å². The number of nitrogens with zero attached hydrogens (tertiary/aromatic N) is 2. The number of nitro groups is 1. The van der Waals surface area contributed by atoms with Crippen LogP contribution in [0.5, 0.6) is 0 Å². The van der Waals surface area contributed by atoms with Crippen LogP contribution in [0.25, 0.3) is 0 Å². The third-order valence-electron chi connectivity index (χ3n) is 1.69. The van der Waals surface area contributed by atoms with Crippen LogP contribution in [-0.2, 0) is 5.54 Å². The van der Waals surface area contributed by atoms with Crippen molar-refractivity contribution in [2.45, 2.75) is 33.2 Å². The molecule has 5 heteroatoms. The second-order valence-electron chi connectivity index (χ2n) is 3.92. The van der Waals surface area contributed by atoms with Crippen molar-refractivity contribution in [3.05, 3.63) is 22.1 Å². The van der Waals surface area contributed by atoms with E-state index in [4.69, 9.17) is 4.52 Å². The Balaban J connectivity index is 3.17. The molecule has 0 radical (unpaired) electrons. The van der Waals surface area contributed by atoms with Gasteiger partial charge in [0, 0.05) is 27.7 Å². The number of aryl methyl sites for hydroxylation is 1. The Labute approximate surface area is 76.1 Å². The lowest BCUT2D eigenvalue weighted by atomic mass is 10.1. The molecule has 0 atom stereocenters. The van der Waals surface area contributed by atoms with Gasteiger partial charge in [-0.1, -0.05) is 0 Å². The van der Waals surface area contributed by atoms with Gasteiger partial charge < -0.3 is 0 Å². The molecule has 0 bridgehead atoms. The van der Waals surface area contributed by atoms with E-state index in [-0.39, 0.29) is 11.2 Å². The Morgan fingerprint density at radius 2 is 2.08 bits per heavy atom. The van der Waals surface area contributed by atoms with E-state index in [1.54, 1.807) is 6.92 Å². The molecule has 0 aromatic carbocycles. The summed E-state index contributed by atoms with van der Waals surface area (Å²) in [5.41, 5.74) is -0.242. The lowest BCUT2D eigenvalue weighted by molar-refractivity contribution is -0.907. The Morgan fingerprint density at radius 3 is 2.31 bits per heavy atom. The number of hydrogen-bond acceptors (Lipinski definition) is 3. The fourth-order valence-corrected chi connectivity index (χ4v) is 0.929. The van der Waals surface area contributed by atoms with E-state index in [0.29, 0.717) is 5.76 Å². The van der Waals surface area contributed by atoms with Gasteiger partial charge in [0.1, 0.15) is 0 Å². The molecule has 13 heavy (non-hydrogen) atoms. The first-order chi connectivity index (χ1) is 5.82. The van der Waals surface area contributed by atoms with Gasteiger partial charge in [0.05, 0.1) is 4.92 Å². The van der Waals surface area contributed by atoms with Gasteiger partial charge in [-0.3, -0.25) is 10.1 Å². The molecule has 0 aliphatic rings. The fourth-order valence-electron chi connectivity index (χ4n) is 0.929. The van der Waals surface area contributed by atoms with Gasteiger partial charge in [-0.2, -0.15) is 0 Å². The van der Waals surface area contributed by atoms with Crippen molar-refractivity contribution in [3.8, 4) is 0 Å². The molecule has 5 nitrogen and oxygen atoms in total. The maximum Gasteiger partial charge on any atom is 0.381 e. The average molecular weight is 185 g/mol. The second-order valence-corrected chi connectivity index (χ2v) is 3.92. The number of aromatic nitrogens is 1. The highest BCUT2D eigenvalue weighted by Gasteiger charge is 2.32. The SMILES string of the molecule is Cc1o[n+](C(C)(C)C)cc1[N+](=O)[O-]. The van der Waals surface area contributed by atoms with Crippen LogP contribution in [0.1, 0.15) is 26.5 Å². The normalized spacial score (nSPS) is 11.7. The van der Waals surface area contributed by atoms with E-state index >= 15 is 0 Å². The Hall–Kier alpha value is -1.39. The largest absolute Gasteiger partial charge is 0.381 e. The lowest BCUT2D eigenvalue weighted by Gasteiger charge is -2.04. The Bertz CT molecular complexity index is 336. The van der Waals surface area contributed by atoms with Crippen molar-refractivity contribution in [2.75, 3.05) is 0 Å². The molecule has 0 unspecified atom stereocenters. The van der Waals surface area contributed by atoms with Crippen LogP contribution in [0.3, 0.4) is 0 Å². The quantitative estimate of drug-likeness (QED) is 0.379. The minimum Gasteiger partial charge on any atom is -0.258 e. The van der Waals surface area contributed by atoms with Gasteiger partial charge in [-0.05, 0) is 4.74 Å². The molecule has 1 aromatic rings. The first kappa shape index (κ1) is 9.70. The molecule has 0 spiro atoms. The highest BCUT2D eigenvalue weighted by Crippen LogP contribution is 2.17. The second kappa shape index (κ2) is 2.83. The molecule has 0 N–H and O–H groups in total. The minimum atomic E-state index is -0.443. The van der Waals surface area contributed by atoms with Gasteiger partial charge in [-0.25, -0.2) is 4.52 Å². The molecule has 72 valence electrons. The highest BCUT2D eigenvalue weighted by atomic mass is 16.6. The first-order valence-electron chi connectivity index (χ1n) is 4.00. The van der Waals surface area contributed by atoms with Gasteiger partial charge in [-0.15, -0.1) is 0 Å². The van der Waals surface area contributed by atoms with Crippen LogP contribution in [0.4, 0.5) is 5.69 Å². The Morgan fingerprint density at radius 1 is 1.54 bits per heavy atom. The molecule has 1 heterocycles. The maximum absolute atomic E-state index is 10.5. The van der Waals surface area contributed by atoms with E-state index in [1.807, 2.05) is 20.8 Å². The van der Waals surface area contributed by atoms with E-state index in [0.717, 1.165) is 0 Å². The summed E-state index contributed by atoms with van der Waals surface area (Å²) in [7, 11) is 0. The predicted molar refractivity (Wildman–Crippen MR) is 45.3 cm³/mol. The van der Waals surface area contributed by atoms with Crippen LogP contribution in [-0.4, -0.2) is 4.92 Å². The third-order valence-corrected chi connectivity index (χ3v) is 1.69. The molecular weight excluding hydrogens is 172 g/mol. The van der Waals surface area contributed by atoms with Gasteiger partial charge in [0.25, 0.3) is 12.0 Å². The smallest absolute Gasteiger partial charge is 0.258 e. The zero-order valence-electron chi connectivity index (χ0n) is 8.20. The summed E-state index contributed by atoms with van der Waals surface area (Å²) >= 11 is 0. The molecule has 0 aliphatic heterocycles. The van der Waals surface area contributed by atoms with Crippen molar-refractivity contribution >= 4 is 5.69 Å². The van der Waals surface area contributed by atoms with Crippen molar-refractivity contribution in [1.82, 2.24) is 0 Å². The van der Waals surface area contributed by atoms with Crippen LogP contribution < -0.4 is 4.74 Å². The summed E-state index contributed by atoms with van der Waals surface area (Å²) in [6.45, 7) is 7.33. The summed E-state index contributed by atoms with van der Waals surface area (Å²) in [6, 6.07) is 0. The van der Waals surface area contributed by atoms with Crippen molar-refractivity contribution in [2.24, 2.45) is 0 Å². The van der Waals surface area contributed by atoms with Gasteiger partial charge >= 0.3 is 5.69 Å². The number of rotatable bonds is 1. The topological polar surface area (TPSA) is 60.2 Å². The summed E-state index contributed by atoms with van der Waals surface area (Å²) in [4.78, 5) is 10.1. The summed E-state index contributed by atoms with van der Waals surface area (Å²) < 4.78 is 6.70. The van der Waals surface area contributed by atoms with Gasteiger partial charge in [0.15, 0.2) is 0 Å². The molecular formula is C8H13N2O3+. The van der Waals surface area contributed by atoms with E-state index in [9.17, 15) is 10.1 Å². The fraction of sp³-hybridized carbons (Fsp3) is 0.625. The monoisotopic (exact) mass is 185 g/mol. The first-order valence-corrected chi connectivity index (χ1v) is 4.00. The van der Waals surface area contributed by atoms with Crippen molar-refractivity contribution < 1.29 is 14.2 Å². The van der Waals surface area contributed by atoms with Crippen molar-refractivity contribution in [3.63, 3.8) is 0 Å². The Kier molecular flexibility index (Phi) is 2.11. The average Bonchev–Trinajstić information content (AvgIpc) is 2.29. The zero-order valence-corrected chi connectivity index (χ0v) is 8.20. The molecule has 0 fully saturated rings. The summed E-state index contributed by atoms with van der Waals surface area (Å²) in [5, 5.41) is 10.5. The predicted octanol–water partition coefficient (Wildman–Crippen LogP) is 1.54. The van der Waals surface area contributed by atoms with Crippen LogP contribution in [0, 0.1) is 17.0 Å². The van der Waals surface area contributed by atoms with Crippen LogP contribution >= 0.6 is 0 Å². The maximum atomic E-state index is 10.5. The standard InChI is InChI=1S/C8H13N2O3/c1-6-7(10(11)12)5-9(13-6)8(2,3)4/h5H,1-4H3/q+1. The third kappa shape index (κ3) is 1.85. The van der Waals surface area contributed by atoms with Gasteiger partial charge in [0.2, 0.25) is 5.54 Å². The number of hydrogen-bond donors (Lipinski definition) is 0. The van der Waals surface area contributed by atoms with Crippen LogP contribution in [0.2, 0.25) is 0 Å². The van der Waals surface area contributed by atoms with E-state index in [2.05, 4.69) is 0 Å². The molecule has 0 saturated carbocycles. The zero-order chi connectivity index (χ0) is 10.2. The molecule has 0 saturated heterocycles. The van der Waals surface area contributed by atoms with E-state index < -0.39 is 4.92 Å². The van der Waals surface area contributed by atoms with E-state index in [1.165, 1.54) is 10.9 Å². The highest BCUT2D eigenvalue weighted by molar-refractivity contribution is 5.25.